The molecule has 0 aliphatic rings. The summed E-state index contributed by atoms with van der Waals surface area (Å²) in [5.41, 5.74) is 0.321. The minimum atomic E-state index is -0.958. The van der Waals surface area contributed by atoms with Crippen LogP contribution < -0.4 is 0 Å². The van der Waals surface area contributed by atoms with E-state index in [-0.39, 0.29) is 18.8 Å². The standard InChI is InChI=1S/C10H18O4/c1-7(8(2)9(13)14)4-10(3,5-11)6-12/h11-12H,4-6H2,1-3H3,(H,13,14). The van der Waals surface area contributed by atoms with E-state index in [0.29, 0.717) is 12.0 Å². The monoisotopic (exact) mass is 202 g/mol. The third-order valence-electron chi connectivity index (χ3n) is 2.42. The van der Waals surface area contributed by atoms with Crippen LogP contribution in [0.3, 0.4) is 0 Å². The van der Waals surface area contributed by atoms with Gasteiger partial charge < -0.3 is 15.3 Å². The second kappa shape index (κ2) is 5.12. The summed E-state index contributed by atoms with van der Waals surface area (Å²) in [6.07, 6.45) is 0.387. The largest absolute Gasteiger partial charge is 0.478 e. The SMILES string of the molecule is CC(CC(C)(CO)CO)=C(C)C(=O)O. The lowest BCUT2D eigenvalue weighted by Gasteiger charge is -2.25. The molecule has 0 saturated carbocycles. The van der Waals surface area contributed by atoms with Crippen molar-refractivity contribution in [1.82, 2.24) is 0 Å². The minimum Gasteiger partial charge on any atom is -0.478 e. The highest BCUT2D eigenvalue weighted by atomic mass is 16.4. The normalized spacial score (nSPS) is 13.8. The summed E-state index contributed by atoms with van der Waals surface area (Å²) in [5, 5.41) is 26.8. The molecule has 0 rings (SSSR count). The lowest BCUT2D eigenvalue weighted by Crippen LogP contribution is -2.26. The van der Waals surface area contributed by atoms with Crippen molar-refractivity contribution in [2.24, 2.45) is 5.41 Å². The van der Waals surface area contributed by atoms with Crippen LogP contribution in [0.25, 0.3) is 0 Å². The van der Waals surface area contributed by atoms with Gasteiger partial charge in [-0.3, -0.25) is 0 Å². The number of allylic oxidation sites excluding steroid dienone is 1. The Morgan fingerprint density at radius 3 is 1.93 bits per heavy atom. The van der Waals surface area contributed by atoms with Gasteiger partial charge in [-0.1, -0.05) is 12.5 Å². The van der Waals surface area contributed by atoms with E-state index in [4.69, 9.17) is 15.3 Å². The first-order valence-corrected chi connectivity index (χ1v) is 4.47. The van der Waals surface area contributed by atoms with E-state index >= 15 is 0 Å². The molecule has 3 N–H and O–H groups in total. The van der Waals surface area contributed by atoms with Gasteiger partial charge in [0.2, 0.25) is 0 Å². The van der Waals surface area contributed by atoms with Crippen LogP contribution in [0.4, 0.5) is 0 Å². The maximum absolute atomic E-state index is 10.6. The fourth-order valence-electron chi connectivity index (χ4n) is 1.12. The van der Waals surface area contributed by atoms with Gasteiger partial charge in [0.1, 0.15) is 0 Å². The Kier molecular flexibility index (Phi) is 4.80. The minimum absolute atomic E-state index is 0.159. The van der Waals surface area contributed by atoms with Crippen molar-refractivity contribution in [3.63, 3.8) is 0 Å². The zero-order chi connectivity index (χ0) is 11.4. The van der Waals surface area contributed by atoms with E-state index < -0.39 is 11.4 Å². The highest BCUT2D eigenvalue weighted by molar-refractivity contribution is 5.86. The zero-order valence-electron chi connectivity index (χ0n) is 8.87. The molecule has 4 heteroatoms. The number of hydrogen-bond donors (Lipinski definition) is 3. The average Bonchev–Trinajstić information content (AvgIpc) is 2.16. The molecule has 0 amide bonds. The summed E-state index contributed by atoms with van der Waals surface area (Å²) in [6, 6.07) is 0. The Bertz CT molecular complexity index is 239. The predicted molar refractivity (Wildman–Crippen MR) is 52.9 cm³/mol. The number of carboxylic acids is 1. The Balaban J connectivity index is 4.67. The van der Waals surface area contributed by atoms with E-state index in [2.05, 4.69) is 0 Å². The van der Waals surface area contributed by atoms with Crippen LogP contribution >= 0.6 is 0 Å². The van der Waals surface area contributed by atoms with Crippen molar-refractivity contribution in [3.05, 3.63) is 11.1 Å². The van der Waals surface area contributed by atoms with Crippen LogP contribution in [-0.4, -0.2) is 34.5 Å². The van der Waals surface area contributed by atoms with Crippen LogP contribution in [0, 0.1) is 5.41 Å². The molecule has 4 nitrogen and oxygen atoms in total. The molecule has 14 heavy (non-hydrogen) atoms. The van der Waals surface area contributed by atoms with Crippen LogP contribution in [0.15, 0.2) is 11.1 Å². The quantitative estimate of drug-likeness (QED) is 0.576. The average molecular weight is 202 g/mol. The highest BCUT2D eigenvalue weighted by Gasteiger charge is 2.24. The molecule has 0 radical (unpaired) electrons. The lowest BCUT2D eigenvalue weighted by molar-refractivity contribution is -0.132. The third kappa shape index (κ3) is 3.47. The van der Waals surface area contributed by atoms with Crippen LogP contribution in [-0.2, 0) is 4.79 Å². The van der Waals surface area contributed by atoms with E-state index in [1.807, 2.05) is 0 Å². The van der Waals surface area contributed by atoms with Crippen molar-refractivity contribution in [2.75, 3.05) is 13.2 Å². The van der Waals surface area contributed by atoms with Gasteiger partial charge in [-0.05, 0) is 20.3 Å². The van der Waals surface area contributed by atoms with Gasteiger partial charge in [0.05, 0.1) is 13.2 Å². The fraction of sp³-hybridized carbons (Fsp3) is 0.700. The Morgan fingerprint density at radius 1 is 1.21 bits per heavy atom. The van der Waals surface area contributed by atoms with E-state index in [9.17, 15) is 4.79 Å². The number of aliphatic carboxylic acids is 1. The molecule has 0 aliphatic carbocycles. The summed E-state index contributed by atoms with van der Waals surface area (Å²) < 4.78 is 0. The summed E-state index contributed by atoms with van der Waals surface area (Å²) in [5.74, 6) is -0.958. The molecule has 0 aromatic carbocycles. The number of carboxylic acid groups (broad SMARTS) is 1. The zero-order valence-corrected chi connectivity index (χ0v) is 8.87. The molecule has 0 aromatic heterocycles. The van der Waals surface area contributed by atoms with E-state index in [1.165, 1.54) is 6.92 Å². The topological polar surface area (TPSA) is 77.8 Å². The molecule has 0 spiro atoms. The number of carbonyl (C=O) groups is 1. The second-order valence-electron chi connectivity index (χ2n) is 4.01. The first kappa shape index (κ1) is 13.1. The number of aliphatic hydroxyl groups excluding tert-OH is 2. The summed E-state index contributed by atoms with van der Waals surface area (Å²) in [6.45, 7) is 4.62. The van der Waals surface area contributed by atoms with Gasteiger partial charge in [-0.2, -0.15) is 0 Å². The van der Waals surface area contributed by atoms with Crippen molar-refractivity contribution in [1.29, 1.82) is 0 Å². The van der Waals surface area contributed by atoms with Gasteiger partial charge >= 0.3 is 5.97 Å². The molecule has 0 saturated heterocycles. The van der Waals surface area contributed by atoms with Gasteiger partial charge in [0.25, 0.3) is 0 Å². The lowest BCUT2D eigenvalue weighted by atomic mass is 9.84. The predicted octanol–water partition coefficient (Wildman–Crippen LogP) is 0.788. The fourth-order valence-corrected chi connectivity index (χ4v) is 1.12. The van der Waals surface area contributed by atoms with Crippen molar-refractivity contribution < 1.29 is 20.1 Å². The Labute approximate surface area is 83.9 Å². The molecule has 0 bridgehead atoms. The van der Waals surface area contributed by atoms with Crippen molar-refractivity contribution >= 4 is 5.97 Å². The Hall–Kier alpha value is -0.870. The molecule has 82 valence electrons. The maximum Gasteiger partial charge on any atom is 0.331 e. The van der Waals surface area contributed by atoms with Crippen molar-refractivity contribution in [3.8, 4) is 0 Å². The molecule has 0 fully saturated rings. The van der Waals surface area contributed by atoms with Gasteiger partial charge in [-0.25, -0.2) is 4.79 Å². The number of rotatable bonds is 5. The van der Waals surface area contributed by atoms with E-state index in [1.54, 1.807) is 13.8 Å². The summed E-state index contributed by atoms with van der Waals surface area (Å²) in [7, 11) is 0. The Morgan fingerprint density at radius 2 is 1.64 bits per heavy atom. The maximum atomic E-state index is 10.6. The molecular weight excluding hydrogens is 184 g/mol. The number of hydrogen-bond acceptors (Lipinski definition) is 3. The van der Waals surface area contributed by atoms with Crippen LogP contribution in [0.5, 0.6) is 0 Å². The highest BCUT2D eigenvalue weighted by Crippen LogP contribution is 2.26. The van der Waals surface area contributed by atoms with Crippen LogP contribution in [0.1, 0.15) is 27.2 Å². The molecular formula is C10H18O4. The van der Waals surface area contributed by atoms with Gasteiger partial charge in [-0.15, -0.1) is 0 Å². The second-order valence-corrected chi connectivity index (χ2v) is 4.01. The molecule has 0 aromatic rings. The third-order valence-corrected chi connectivity index (χ3v) is 2.42. The molecule has 0 heterocycles. The molecule has 0 unspecified atom stereocenters. The smallest absolute Gasteiger partial charge is 0.331 e. The molecule has 0 aliphatic heterocycles. The van der Waals surface area contributed by atoms with Crippen molar-refractivity contribution in [2.45, 2.75) is 27.2 Å². The first-order valence-electron chi connectivity index (χ1n) is 4.47. The summed E-state index contributed by atoms with van der Waals surface area (Å²) in [4.78, 5) is 10.6. The van der Waals surface area contributed by atoms with Gasteiger partial charge in [0.15, 0.2) is 0 Å². The summed E-state index contributed by atoms with van der Waals surface area (Å²) >= 11 is 0. The van der Waals surface area contributed by atoms with E-state index in [0.717, 1.165) is 0 Å². The van der Waals surface area contributed by atoms with Gasteiger partial charge in [0, 0.05) is 11.0 Å². The first-order chi connectivity index (χ1) is 6.36. The molecule has 0 atom stereocenters. The number of aliphatic hydroxyl groups is 2. The van der Waals surface area contributed by atoms with Crippen LogP contribution in [0.2, 0.25) is 0 Å².